The summed E-state index contributed by atoms with van der Waals surface area (Å²) in [5.41, 5.74) is 0.614. The molecule has 0 saturated carbocycles. The van der Waals surface area contributed by atoms with Gasteiger partial charge in [-0.3, -0.25) is 4.79 Å². The normalized spacial score (nSPS) is 10.3. The highest BCUT2D eigenvalue weighted by atomic mass is 16.4. The molecule has 0 saturated heterocycles. The number of hydrogen-bond acceptors (Lipinski definition) is 4. The fourth-order valence-electron chi connectivity index (χ4n) is 1.58. The first-order chi connectivity index (χ1) is 8.61. The molecule has 5 heteroatoms. The second-order valence-corrected chi connectivity index (χ2v) is 3.78. The number of carboxylic acids is 1. The molecule has 2 rings (SSSR count). The summed E-state index contributed by atoms with van der Waals surface area (Å²) in [4.78, 5) is 22.0. The second-order valence-electron chi connectivity index (χ2n) is 3.78. The topological polar surface area (TPSA) is 75.0 Å². The summed E-state index contributed by atoms with van der Waals surface area (Å²) in [7, 11) is 0. The Morgan fingerprint density at radius 1 is 1.28 bits per heavy atom. The first-order valence-corrected chi connectivity index (χ1v) is 5.52. The highest BCUT2D eigenvalue weighted by Gasteiger charge is 2.04. The lowest BCUT2D eigenvalue weighted by Gasteiger charge is -2.08. The molecule has 0 aliphatic carbocycles. The summed E-state index contributed by atoms with van der Waals surface area (Å²) in [6.45, 7) is 2.04. The van der Waals surface area contributed by atoms with Crippen molar-refractivity contribution in [3.05, 3.63) is 58.0 Å². The van der Waals surface area contributed by atoms with E-state index in [2.05, 4.69) is 5.10 Å². The van der Waals surface area contributed by atoms with Crippen LogP contribution in [0, 0.1) is 0 Å². The van der Waals surface area contributed by atoms with Gasteiger partial charge in [0.2, 0.25) is 5.43 Å². The van der Waals surface area contributed by atoms with E-state index in [1.165, 1.54) is 16.4 Å². The van der Waals surface area contributed by atoms with Gasteiger partial charge < -0.3 is 9.90 Å². The quantitative estimate of drug-likeness (QED) is 0.769. The zero-order chi connectivity index (χ0) is 13.1. The number of benzene rings is 1. The monoisotopic (exact) mass is 243 g/mol. The van der Waals surface area contributed by atoms with Crippen LogP contribution >= 0.6 is 0 Å². The summed E-state index contributed by atoms with van der Waals surface area (Å²) < 4.78 is 1.34. The van der Waals surface area contributed by atoms with Gasteiger partial charge in [0.1, 0.15) is 0 Å². The van der Waals surface area contributed by atoms with Crippen LogP contribution in [0.15, 0.2) is 41.3 Å². The molecule has 0 fully saturated rings. The molecule has 0 aliphatic rings. The Morgan fingerprint density at radius 3 is 2.50 bits per heavy atom. The second kappa shape index (κ2) is 4.83. The van der Waals surface area contributed by atoms with E-state index in [9.17, 15) is 14.7 Å². The summed E-state index contributed by atoms with van der Waals surface area (Å²) >= 11 is 0. The van der Waals surface area contributed by atoms with Gasteiger partial charge in [0.15, 0.2) is 5.69 Å². The van der Waals surface area contributed by atoms with Gasteiger partial charge in [-0.15, -0.1) is 0 Å². The van der Waals surface area contributed by atoms with Gasteiger partial charge in [-0.1, -0.05) is 19.1 Å². The van der Waals surface area contributed by atoms with Gasteiger partial charge in [0, 0.05) is 12.3 Å². The Morgan fingerprint density at radius 2 is 1.94 bits per heavy atom. The molecule has 0 aliphatic heterocycles. The number of carboxylic acid groups (broad SMARTS) is 1. The maximum atomic E-state index is 11.2. The molecule has 1 aromatic carbocycles. The van der Waals surface area contributed by atoms with Crippen molar-refractivity contribution >= 4 is 5.97 Å². The number of hydrogen-bond donors (Lipinski definition) is 0. The van der Waals surface area contributed by atoms with Gasteiger partial charge in [-0.25, -0.2) is 4.68 Å². The number of aromatic nitrogens is 2. The van der Waals surface area contributed by atoms with Gasteiger partial charge in [-0.05, 0) is 24.1 Å². The van der Waals surface area contributed by atoms with E-state index in [0.717, 1.165) is 12.5 Å². The molecule has 18 heavy (non-hydrogen) atoms. The third kappa shape index (κ3) is 2.29. The molecule has 1 heterocycles. The number of carbonyl (C=O) groups is 1. The molecule has 0 N–H and O–H groups in total. The molecule has 5 nitrogen and oxygen atoms in total. The zero-order valence-corrected chi connectivity index (χ0v) is 9.79. The van der Waals surface area contributed by atoms with Crippen molar-refractivity contribution in [2.45, 2.75) is 13.3 Å². The van der Waals surface area contributed by atoms with Gasteiger partial charge >= 0.3 is 0 Å². The Bertz CT molecular complexity index is 629. The molecule has 1 aromatic heterocycles. The Kier molecular flexibility index (Phi) is 3.23. The Balaban J connectivity index is 2.47. The Hall–Kier alpha value is -2.43. The first-order valence-electron chi connectivity index (χ1n) is 5.52. The van der Waals surface area contributed by atoms with E-state index < -0.39 is 17.1 Å². The van der Waals surface area contributed by atoms with Crippen LogP contribution in [0.2, 0.25) is 0 Å². The molecular formula is C13H11N2O3-. The lowest BCUT2D eigenvalue weighted by Crippen LogP contribution is -2.31. The fourth-order valence-corrected chi connectivity index (χ4v) is 1.58. The summed E-state index contributed by atoms with van der Waals surface area (Å²) in [5.74, 6) is -1.57. The molecule has 0 radical (unpaired) electrons. The third-order valence-corrected chi connectivity index (χ3v) is 2.61. The fraction of sp³-hybridized carbons (Fsp3) is 0.154. The van der Waals surface area contributed by atoms with Crippen molar-refractivity contribution in [3.63, 3.8) is 0 Å². The van der Waals surface area contributed by atoms with E-state index >= 15 is 0 Å². The predicted octanol–water partition coefficient (Wildman–Crippen LogP) is 0.158. The van der Waals surface area contributed by atoms with Crippen molar-refractivity contribution in [2.75, 3.05) is 0 Å². The van der Waals surface area contributed by atoms with Gasteiger partial charge in [0.25, 0.3) is 0 Å². The number of aromatic carboxylic acids is 1. The van der Waals surface area contributed by atoms with Crippen LogP contribution in [0.5, 0.6) is 0 Å². The van der Waals surface area contributed by atoms with Crippen LogP contribution in [-0.2, 0) is 6.42 Å². The van der Waals surface area contributed by atoms with Gasteiger partial charge in [-0.2, -0.15) is 5.10 Å². The molecule has 2 aromatic rings. The smallest absolute Gasteiger partial charge is 0.209 e. The maximum absolute atomic E-state index is 11.2. The number of nitrogens with zero attached hydrogens (tertiary/aromatic N) is 2. The van der Waals surface area contributed by atoms with Crippen LogP contribution in [0.25, 0.3) is 5.69 Å². The highest BCUT2D eigenvalue weighted by molar-refractivity contribution is 5.82. The van der Waals surface area contributed by atoms with Crippen molar-refractivity contribution in [3.8, 4) is 5.69 Å². The molecule has 0 amide bonds. The van der Waals surface area contributed by atoms with E-state index in [0.29, 0.717) is 5.69 Å². The summed E-state index contributed by atoms with van der Waals surface area (Å²) in [6.07, 6.45) is 2.35. The minimum Gasteiger partial charge on any atom is -0.543 e. The van der Waals surface area contributed by atoms with E-state index in [1.54, 1.807) is 0 Å². The van der Waals surface area contributed by atoms with Crippen molar-refractivity contribution < 1.29 is 9.90 Å². The lowest BCUT2D eigenvalue weighted by molar-refractivity contribution is -0.255. The number of rotatable bonds is 3. The van der Waals surface area contributed by atoms with E-state index in [-0.39, 0.29) is 0 Å². The Labute approximate surface area is 103 Å². The average molecular weight is 243 g/mol. The maximum Gasteiger partial charge on any atom is 0.209 e. The van der Waals surface area contributed by atoms with Crippen molar-refractivity contribution in [2.24, 2.45) is 0 Å². The molecule has 0 unspecified atom stereocenters. The van der Waals surface area contributed by atoms with Crippen LogP contribution in [0.3, 0.4) is 0 Å². The van der Waals surface area contributed by atoms with Crippen molar-refractivity contribution in [1.82, 2.24) is 9.78 Å². The van der Waals surface area contributed by atoms with Crippen LogP contribution in [-0.4, -0.2) is 15.7 Å². The minimum absolute atomic E-state index is 0.586. The predicted molar refractivity (Wildman–Crippen MR) is 63.5 cm³/mol. The van der Waals surface area contributed by atoms with Crippen LogP contribution < -0.4 is 10.5 Å². The SMILES string of the molecule is CCc1ccc(-n2ccc(=O)c(C(=O)[O-])n2)cc1. The molecule has 0 spiro atoms. The van der Waals surface area contributed by atoms with Crippen LogP contribution in [0.4, 0.5) is 0 Å². The molecule has 0 bridgehead atoms. The first kappa shape index (κ1) is 12.0. The lowest BCUT2D eigenvalue weighted by atomic mass is 10.1. The largest absolute Gasteiger partial charge is 0.543 e. The van der Waals surface area contributed by atoms with E-state index in [4.69, 9.17) is 0 Å². The average Bonchev–Trinajstić information content (AvgIpc) is 2.39. The molecular weight excluding hydrogens is 232 g/mol. The summed E-state index contributed by atoms with van der Waals surface area (Å²) in [6, 6.07) is 8.64. The number of aryl methyl sites for hydroxylation is 1. The summed E-state index contributed by atoms with van der Waals surface area (Å²) in [5, 5.41) is 14.5. The molecule has 0 atom stereocenters. The van der Waals surface area contributed by atoms with Crippen molar-refractivity contribution in [1.29, 1.82) is 0 Å². The number of carbonyl (C=O) groups excluding carboxylic acids is 1. The molecule has 92 valence electrons. The van der Waals surface area contributed by atoms with E-state index in [1.807, 2.05) is 31.2 Å². The highest BCUT2D eigenvalue weighted by Crippen LogP contribution is 2.08. The van der Waals surface area contributed by atoms with Crippen LogP contribution in [0.1, 0.15) is 23.0 Å². The minimum atomic E-state index is -1.57. The third-order valence-electron chi connectivity index (χ3n) is 2.61. The standard InChI is InChI=1S/C13H12N2O3/c1-2-9-3-5-10(6-4-9)15-8-7-11(16)12(14-15)13(17)18/h3-8H,2H2,1H3,(H,17,18)/p-1. The van der Waals surface area contributed by atoms with Gasteiger partial charge in [0.05, 0.1) is 11.7 Å². The zero-order valence-electron chi connectivity index (χ0n) is 9.79.